The summed E-state index contributed by atoms with van der Waals surface area (Å²) in [6.07, 6.45) is 1.31. The highest BCUT2D eigenvalue weighted by Crippen LogP contribution is 2.35. The summed E-state index contributed by atoms with van der Waals surface area (Å²) in [6.45, 7) is 1.16. The molecule has 1 saturated heterocycles. The molecule has 14 heteroatoms. The van der Waals surface area contributed by atoms with Crippen molar-refractivity contribution < 1.29 is 32.6 Å². The van der Waals surface area contributed by atoms with Crippen LogP contribution in [-0.4, -0.2) is 62.5 Å². The number of halogens is 2. The lowest BCUT2D eigenvalue weighted by Crippen LogP contribution is -2.40. The number of rotatable bonds is 11. The van der Waals surface area contributed by atoms with Gasteiger partial charge in [-0.2, -0.15) is 0 Å². The number of amides is 3. The van der Waals surface area contributed by atoms with Crippen LogP contribution in [0.3, 0.4) is 0 Å². The molecule has 1 heterocycles. The number of hydrogen-bond acceptors (Lipinski definition) is 6. The third-order valence-electron chi connectivity index (χ3n) is 6.84. The van der Waals surface area contributed by atoms with Crippen molar-refractivity contribution in [2.45, 2.75) is 24.2 Å². The third kappa shape index (κ3) is 8.99. The molecule has 0 spiro atoms. The van der Waals surface area contributed by atoms with Crippen molar-refractivity contribution >= 4 is 56.8 Å². The molecule has 4 rings (SSSR count). The molecule has 3 amide bonds. The fraction of sp³-hybridized carbons (Fsp3) is 0.276. The average molecular weight is 650 g/mol. The smallest absolute Gasteiger partial charge is 0.407 e. The second-order valence-corrected chi connectivity index (χ2v) is 12.4. The zero-order chi connectivity index (χ0) is 31.0. The Morgan fingerprint density at radius 3 is 2.30 bits per heavy atom. The number of carbonyl (C=O) groups is 3. The van der Waals surface area contributed by atoms with Crippen molar-refractivity contribution in [2.75, 3.05) is 30.9 Å². The molecule has 0 aliphatic carbocycles. The van der Waals surface area contributed by atoms with Gasteiger partial charge in [0.05, 0.1) is 22.2 Å². The van der Waals surface area contributed by atoms with Crippen LogP contribution in [0.4, 0.5) is 10.5 Å². The minimum Gasteiger partial charge on any atom is -0.465 e. The number of ether oxygens (including phenoxy) is 1. The van der Waals surface area contributed by atoms with Crippen LogP contribution in [0.25, 0.3) is 0 Å². The fourth-order valence-electron chi connectivity index (χ4n) is 4.46. The predicted octanol–water partition coefficient (Wildman–Crippen LogP) is 5.21. The number of carbonyl (C=O) groups excluding carboxylic acids is 2. The lowest BCUT2D eigenvalue weighted by atomic mass is 9.94. The standard InChI is InChI=1S/C29H30Cl2N4O7S/c30-21-7-10-25(23(31)17-21)42-26-4-2-1-3-24(26)34-43(40,41)22-8-5-20(6-9-22)28(37)33-18-27(36)32-14-11-19-12-15-35(16-13-19)29(38)39/h1-10,17,19,34H,11-16,18H2,(H,32,36)(H,33,37)(H,38,39). The molecule has 228 valence electrons. The van der Waals surface area contributed by atoms with E-state index in [0.29, 0.717) is 36.3 Å². The van der Waals surface area contributed by atoms with Crippen LogP contribution in [0, 0.1) is 5.92 Å². The summed E-state index contributed by atoms with van der Waals surface area (Å²) in [7, 11) is -4.05. The van der Waals surface area contributed by atoms with Crippen molar-refractivity contribution in [3.8, 4) is 11.5 Å². The van der Waals surface area contributed by atoms with Crippen LogP contribution in [0.1, 0.15) is 29.6 Å². The van der Waals surface area contributed by atoms with Gasteiger partial charge in [0.25, 0.3) is 15.9 Å². The summed E-state index contributed by atoms with van der Waals surface area (Å²) in [4.78, 5) is 37.0. The maximum Gasteiger partial charge on any atom is 0.407 e. The SMILES string of the molecule is O=C(CNC(=O)c1ccc(S(=O)(=O)Nc2ccccc2Oc2ccc(Cl)cc2Cl)cc1)NCCC1CCN(C(=O)O)CC1. The number of sulfonamides is 1. The first-order chi connectivity index (χ1) is 20.5. The molecule has 11 nitrogen and oxygen atoms in total. The molecule has 0 unspecified atom stereocenters. The van der Waals surface area contributed by atoms with Gasteiger partial charge >= 0.3 is 6.09 Å². The number of carboxylic acid groups (broad SMARTS) is 1. The van der Waals surface area contributed by atoms with Gasteiger partial charge in [0.2, 0.25) is 5.91 Å². The highest BCUT2D eigenvalue weighted by molar-refractivity contribution is 7.92. The zero-order valence-corrected chi connectivity index (χ0v) is 25.2. The lowest BCUT2D eigenvalue weighted by molar-refractivity contribution is -0.120. The van der Waals surface area contributed by atoms with Gasteiger partial charge in [-0.15, -0.1) is 0 Å². The molecule has 0 saturated carbocycles. The van der Waals surface area contributed by atoms with E-state index in [0.717, 1.165) is 19.3 Å². The normalized spacial score (nSPS) is 13.7. The molecule has 1 fully saturated rings. The van der Waals surface area contributed by atoms with Gasteiger partial charge in [-0.05, 0) is 79.8 Å². The zero-order valence-electron chi connectivity index (χ0n) is 22.9. The van der Waals surface area contributed by atoms with E-state index < -0.39 is 22.0 Å². The Balaban J connectivity index is 1.27. The molecule has 0 atom stereocenters. The van der Waals surface area contributed by atoms with Crippen molar-refractivity contribution in [3.05, 3.63) is 82.3 Å². The first-order valence-corrected chi connectivity index (χ1v) is 15.6. The second-order valence-electron chi connectivity index (χ2n) is 9.84. The number of anilines is 1. The van der Waals surface area contributed by atoms with Gasteiger partial charge in [0.1, 0.15) is 5.75 Å². The molecule has 0 bridgehead atoms. The third-order valence-corrected chi connectivity index (χ3v) is 8.75. The van der Waals surface area contributed by atoms with Crippen LogP contribution in [0.2, 0.25) is 10.0 Å². The Morgan fingerprint density at radius 2 is 1.63 bits per heavy atom. The Kier molecular flexibility index (Phi) is 10.7. The number of benzene rings is 3. The largest absolute Gasteiger partial charge is 0.465 e. The van der Waals surface area contributed by atoms with Crippen molar-refractivity contribution in [3.63, 3.8) is 0 Å². The minimum absolute atomic E-state index is 0.0877. The van der Waals surface area contributed by atoms with Gasteiger partial charge in [0.15, 0.2) is 5.75 Å². The summed E-state index contributed by atoms with van der Waals surface area (Å²) < 4.78 is 34.5. The topological polar surface area (TPSA) is 154 Å². The van der Waals surface area contributed by atoms with Crippen LogP contribution in [-0.2, 0) is 14.8 Å². The van der Waals surface area contributed by atoms with Gasteiger partial charge < -0.3 is 25.4 Å². The number of likely N-dealkylation sites (tertiary alicyclic amines) is 1. The summed E-state index contributed by atoms with van der Waals surface area (Å²) in [5.74, 6) is -0.0573. The minimum atomic E-state index is -4.05. The van der Waals surface area contributed by atoms with E-state index in [4.69, 9.17) is 33.0 Å². The lowest BCUT2D eigenvalue weighted by Gasteiger charge is -2.29. The number of nitrogens with zero attached hydrogens (tertiary/aromatic N) is 1. The van der Waals surface area contributed by atoms with Crippen molar-refractivity contribution in [1.82, 2.24) is 15.5 Å². The number of hydrogen-bond donors (Lipinski definition) is 4. The Labute approximate surface area is 259 Å². The van der Waals surface area contributed by atoms with Gasteiger partial charge in [0, 0.05) is 30.2 Å². The van der Waals surface area contributed by atoms with E-state index in [2.05, 4.69) is 15.4 Å². The number of piperidine rings is 1. The molecular weight excluding hydrogens is 619 g/mol. The highest BCUT2D eigenvalue weighted by Gasteiger charge is 2.22. The predicted molar refractivity (Wildman–Crippen MR) is 163 cm³/mol. The van der Waals surface area contributed by atoms with Crippen molar-refractivity contribution in [2.24, 2.45) is 5.92 Å². The molecule has 43 heavy (non-hydrogen) atoms. The van der Waals surface area contributed by atoms with Crippen molar-refractivity contribution in [1.29, 1.82) is 0 Å². The molecule has 0 radical (unpaired) electrons. The summed E-state index contributed by atoms with van der Waals surface area (Å²) in [6, 6.07) is 16.4. The van der Waals surface area contributed by atoms with Crippen LogP contribution in [0.15, 0.2) is 71.6 Å². The summed E-state index contributed by atoms with van der Waals surface area (Å²) in [5, 5.41) is 15.0. The fourth-order valence-corrected chi connectivity index (χ4v) is 5.98. The Bertz CT molecular complexity index is 1580. The first kappa shape index (κ1) is 31.9. The van der Waals surface area contributed by atoms with E-state index >= 15 is 0 Å². The average Bonchev–Trinajstić information content (AvgIpc) is 2.98. The van der Waals surface area contributed by atoms with E-state index in [-0.39, 0.29) is 39.4 Å². The van der Waals surface area contributed by atoms with Gasteiger partial charge in [-0.3, -0.25) is 14.3 Å². The maximum atomic E-state index is 13.1. The molecular formula is C29H30Cl2N4O7S. The molecule has 1 aliphatic rings. The monoisotopic (exact) mass is 648 g/mol. The highest BCUT2D eigenvalue weighted by atomic mass is 35.5. The summed E-state index contributed by atoms with van der Waals surface area (Å²) in [5.41, 5.74) is 0.352. The van der Waals surface area contributed by atoms with E-state index in [9.17, 15) is 22.8 Å². The van der Waals surface area contributed by atoms with E-state index in [1.807, 2.05) is 0 Å². The second kappa shape index (κ2) is 14.5. The first-order valence-electron chi connectivity index (χ1n) is 13.4. The molecule has 3 aromatic carbocycles. The van der Waals surface area contributed by atoms with E-state index in [1.165, 1.54) is 41.3 Å². The maximum absolute atomic E-state index is 13.1. The molecule has 3 aromatic rings. The Hall–Kier alpha value is -4.00. The van der Waals surface area contributed by atoms with Gasteiger partial charge in [-0.25, -0.2) is 13.2 Å². The van der Waals surface area contributed by atoms with E-state index in [1.54, 1.807) is 30.3 Å². The molecule has 4 N–H and O–H groups in total. The van der Waals surface area contributed by atoms with Crippen LogP contribution < -0.4 is 20.1 Å². The summed E-state index contributed by atoms with van der Waals surface area (Å²) >= 11 is 12.1. The molecule has 1 aliphatic heterocycles. The molecule has 0 aromatic heterocycles. The van der Waals surface area contributed by atoms with Crippen LogP contribution >= 0.6 is 23.2 Å². The number of nitrogens with one attached hydrogen (secondary N) is 3. The quantitative estimate of drug-likeness (QED) is 0.222. The number of para-hydroxylation sites is 2. The van der Waals surface area contributed by atoms with Gasteiger partial charge in [-0.1, -0.05) is 35.3 Å². The van der Waals surface area contributed by atoms with Crippen LogP contribution in [0.5, 0.6) is 11.5 Å². The Morgan fingerprint density at radius 1 is 0.930 bits per heavy atom.